The van der Waals surface area contributed by atoms with E-state index in [9.17, 15) is 0 Å². The Labute approximate surface area is 139 Å². The predicted molar refractivity (Wildman–Crippen MR) is 99.3 cm³/mol. The van der Waals surface area contributed by atoms with E-state index in [1.54, 1.807) is 0 Å². The first-order chi connectivity index (χ1) is 9.17. The first-order valence-corrected chi connectivity index (χ1v) is 7.02. The number of benzene rings is 1. The average molecular weight is 390 g/mol. The van der Waals surface area contributed by atoms with Crippen molar-refractivity contribution in [3.63, 3.8) is 0 Å². The first kappa shape index (κ1) is 19.0. The van der Waals surface area contributed by atoms with E-state index >= 15 is 0 Å². The molecule has 0 atom stereocenters. The van der Waals surface area contributed by atoms with Gasteiger partial charge >= 0.3 is 0 Å². The molecule has 20 heavy (non-hydrogen) atoms. The molecule has 1 aromatic rings. The van der Waals surface area contributed by atoms with Crippen LogP contribution in [0.2, 0.25) is 0 Å². The van der Waals surface area contributed by atoms with Crippen LogP contribution in [-0.4, -0.2) is 32.1 Å². The summed E-state index contributed by atoms with van der Waals surface area (Å²) in [6.07, 6.45) is 1.02. The lowest BCUT2D eigenvalue weighted by Gasteiger charge is -2.23. The fraction of sp³-hybridized carbons (Fsp3) is 0.533. The van der Waals surface area contributed by atoms with E-state index in [1.807, 2.05) is 0 Å². The number of hydrogen-bond acceptors (Lipinski definition) is 2. The van der Waals surface area contributed by atoms with Gasteiger partial charge < -0.3 is 16.0 Å². The van der Waals surface area contributed by atoms with Gasteiger partial charge in [-0.2, -0.15) is 0 Å². The number of likely N-dealkylation sites (N-methyl/N-ethyl adjacent to an activating group) is 1. The fourth-order valence-corrected chi connectivity index (χ4v) is 1.90. The second kappa shape index (κ2) is 10.8. The summed E-state index contributed by atoms with van der Waals surface area (Å²) in [5.74, 6) is 0.544. The summed E-state index contributed by atoms with van der Waals surface area (Å²) < 4.78 is 0. The Kier molecular flexibility index (Phi) is 10.2. The number of nitrogens with zero attached hydrogens (tertiary/aromatic N) is 2. The first-order valence-electron chi connectivity index (χ1n) is 7.02. The van der Waals surface area contributed by atoms with Crippen LogP contribution in [-0.2, 0) is 0 Å². The van der Waals surface area contributed by atoms with Gasteiger partial charge in [0.15, 0.2) is 5.96 Å². The van der Waals surface area contributed by atoms with Gasteiger partial charge in [-0.3, -0.25) is 4.99 Å². The Bertz CT molecular complexity index is 407. The molecule has 0 amide bonds. The number of aliphatic imine (C=N–C) groups is 1. The van der Waals surface area contributed by atoms with E-state index in [0.717, 1.165) is 32.6 Å². The normalized spacial score (nSPS) is 10.8. The minimum atomic E-state index is 0. The number of nitrogens with one attached hydrogen (secondary N) is 1. The van der Waals surface area contributed by atoms with E-state index in [4.69, 9.17) is 5.73 Å². The number of halogens is 1. The zero-order chi connectivity index (χ0) is 14.1. The number of anilines is 1. The maximum absolute atomic E-state index is 5.77. The lowest BCUT2D eigenvalue weighted by atomic mass is 10.2. The summed E-state index contributed by atoms with van der Waals surface area (Å²) in [6, 6.07) is 8.56. The standard InChI is InChI=1S/C15H26N4.HI/c1-4-9-17-15(16)18-10-11-19(5-2)14-8-6-7-13(3)12-14;/h6-8,12H,4-5,9-11H2,1-3H3,(H3,16,17,18);1H. The summed E-state index contributed by atoms with van der Waals surface area (Å²) in [4.78, 5) is 6.54. The molecule has 114 valence electrons. The SMILES string of the molecule is CCCN=C(N)NCCN(CC)c1cccc(C)c1.I. The van der Waals surface area contributed by atoms with E-state index in [-0.39, 0.29) is 24.0 Å². The monoisotopic (exact) mass is 390 g/mol. The molecule has 0 aliphatic heterocycles. The summed E-state index contributed by atoms with van der Waals surface area (Å²) in [5.41, 5.74) is 8.31. The average Bonchev–Trinajstić information content (AvgIpc) is 2.41. The molecular formula is C15H27IN4. The Morgan fingerprint density at radius 3 is 2.70 bits per heavy atom. The van der Waals surface area contributed by atoms with Crippen LogP contribution in [0.5, 0.6) is 0 Å². The number of aryl methyl sites for hydroxylation is 1. The van der Waals surface area contributed by atoms with Gasteiger partial charge in [-0.15, -0.1) is 24.0 Å². The minimum absolute atomic E-state index is 0. The van der Waals surface area contributed by atoms with Crippen molar-refractivity contribution in [3.8, 4) is 0 Å². The van der Waals surface area contributed by atoms with E-state index < -0.39 is 0 Å². The molecule has 0 unspecified atom stereocenters. The van der Waals surface area contributed by atoms with Crippen LogP contribution in [0.3, 0.4) is 0 Å². The van der Waals surface area contributed by atoms with Gasteiger partial charge in [-0.25, -0.2) is 0 Å². The molecule has 4 nitrogen and oxygen atoms in total. The van der Waals surface area contributed by atoms with Gasteiger partial charge in [0.1, 0.15) is 0 Å². The molecular weight excluding hydrogens is 363 g/mol. The molecule has 0 spiro atoms. The van der Waals surface area contributed by atoms with Gasteiger partial charge in [0, 0.05) is 31.9 Å². The summed E-state index contributed by atoms with van der Waals surface area (Å²) in [6.45, 7) is 9.86. The highest BCUT2D eigenvalue weighted by Gasteiger charge is 2.03. The van der Waals surface area contributed by atoms with Crippen molar-refractivity contribution in [1.82, 2.24) is 5.32 Å². The largest absolute Gasteiger partial charge is 0.370 e. The molecule has 0 aromatic heterocycles. The van der Waals surface area contributed by atoms with Gasteiger partial charge in [0.2, 0.25) is 0 Å². The summed E-state index contributed by atoms with van der Waals surface area (Å²) in [5, 5.41) is 3.15. The second-order valence-corrected chi connectivity index (χ2v) is 4.61. The van der Waals surface area contributed by atoms with Crippen molar-refractivity contribution in [2.45, 2.75) is 27.2 Å². The molecule has 0 aliphatic carbocycles. The Balaban J connectivity index is 0.00000361. The topological polar surface area (TPSA) is 53.6 Å². The van der Waals surface area contributed by atoms with E-state index in [1.165, 1.54) is 11.3 Å². The van der Waals surface area contributed by atoms with Gasteiger partial charge in [0.05, 0.1) is 0 Å². The molecule has 0 radical (unpaired) electrons. The highest BCUT2D eigenvalue weighted by molar-refractivity contribution is 14.0. The maximum atomic E-state index is 5.77. The van der Waals surface area contributed by atoms with Crippen LogP contribution in [0.1, 0.15) is 25.8 Å². The molecule has 0 bridgehead atoms. The third-order valence-corrected chi connectivity index (χ3v) is 2.94. The Hall–Kier alpha value is -0.980. The number of guanidine groups is 1. The van der Waals surface area contributed by atoms with Crippen LogP contribution in [0.15, 0.2) is 29.3 Å². The van der Waals surface area contributed by atoms with Gasteiger partial charge in [0.25, 0.3) is 0 Å². The lowest BCUT2D eigenvalue weighted by molar-refractivity contribution is 0.768. The molecule has 5 heteroatoms. The highest BCUT2D eigenvalue weighted by Crippen LogP contribution is 2.14. The van der Waals surface area contributed by atoms with Crippen LogP contribution in [0.4, 0.5) is 5.69 Å². The van der Waals surface area contributed by atoms with E-state index in [0.29, 0.717) is 5.96 Å². The second-order valence-electron chi connectivity index (χ2n) is 4.61. The van der Waals surface area contributed by atoms with Crippen molar-refractivity contribution in [2.75, 3.05) is 31.1 Å². The molecule has 1 aromatic carbocycles. The predicted octanol–water partition coefficient (Wildman–Crippen LogP) is 2.75. The van der Waals surface area contributed by atoms with E-state index in [2.05, 4.69) is 60.2 Å². The minimum Gasteiger partial charge on any atom is -0.370 e. The lowest BCUT2D eigenvalue weighted by Crippen LogP contribution is -2.38. The quantitative estimate of drug-likeness (QED) is 0.428. The summed E-state index contributed by atoms with van der Waals surface area (Å²) >= 11 is 0. The van der Waals surface area contributed by atoms with Crippen LogP contribution in [0, 0.1) is 6.92 Å². The highest BCUT2D eigenvalue weighted by atomic mass is 127. The zero-order valence-corrected chi connectivity index (χ0v) is 15.1. The molecule has 0 saturated heterocycles. The maximum Gasteiger partial charge on any atom is 0.188 e. The van der Waals surface area contributed by atoms with Crippen molar-refractivity contribution in [2.24, 2.45) is 10.7 Å². The number of hydrogen-bond donors (Lipinski definition) is 2. The zero-order valence-electron chi connectivity index (χ0n) is 12.7. The number of rotatable bonds is 7. The Morgan fingerprint density at radius 1 is 1.35 bits per heavy atom. The van der Waals surface area contributed by atoms with Crippen molar-refractivity contribution in [3.05, 3.63) is 29.8 Å². The van der Waals surface area contributed by atoms with Crippen LogP contribution >= 0.6 is 24.0 Å². The van der Waals surface area contributed by atoms with Crippen LogP contribution < -0.4 is 16.0 Å². The van der Waals surface area contributed by atoms with Crippen molar-refractivity contribution < 1.29 is 0 Å². The molecule has 0 saturated carbocycles. The smallest absolute Gasteiger partial charge is 0.188 e. The van der Waals surface area contributed by atoms with Gasteiger partial charge in [-0.05, 0) is 38.0 Å². The number of nitrogens with two attached hydrogens (primary N) is 1. The molecule has 0 aliphatic rings. The fourth-order valence-electron chi connectivity index (χ4n) is 1.90. The Morgan fingerprint density at radius 2 is 2.10 bits per heavy atom. The van der Waals surface area contributed by atoms with Crippen molar-refractivity contribution in [1.29, 1.82) is 0 Å². The molecule has 3 N–H and O–H groups in total. The van der Waals surface area contributed by atoms with Gasteiger partial charge in [-0.1, -0.05) is 19.1 Å². The summed E-state index contributed by atoms with van der Waals surface area (Å²) in [7, 11) is 0. The third-order valence-electron chi connectivity index (χ3n) is 2.94. The van der Waals surface area contributed by atoms with Crippen LogP contribution in [0.25, 0.3) is 0 Å². The van der Waals surface area contributed by atoms with Crippen molar-refractivity contribution >= 4 is 35.6 Å². The molecule has 0 fully saturated rings. The molecule has 1 rings (SSSR count). The third kappa shape index (κ3) is 6.98. The molecule has 0 heterocycles.